The lowest BCUT2D eigenvalue weighted by atomic mass is 9.64. The lowest BCUT2D eigenvalue weighted by Gasteiger charge is -2.34. The lowest BCUT2D eigenvalue weighted by Crippen LogP contribution is -2.40. The van der Waals surface area contributed by atoms with E-state index in [2.05, 4.69) is 28.8 Å². The Bertz CT molecular complexity index is 460. The van der Waals surface area contributed by atoms with Crippen LogP contribution in [0.15, 0.2) is 17.6 Å². The van der Waals surface area contributed by atoms with Crippen LogP contribution in [-0.2, 0) is 6.54 Å². The first-order valence-electron chi connectivity index (χ1n) is 8.37. The van der Waals surface area contributed by atoms with Gasteiger partial charge in [-0.15, -0.1) is 4.91 Å². The van der Waals surface area contributed by atoms with Crippen LogP contribution in [0, 0.1) is 10.8 Å². The molecule has 1 aliphatic heterocycles. The van der Waals surface area contributed by atoms with Gasteiger partial charge in [0.05, 0.1) is 12.6 Å². The number of hydrogen-bond donors (Lipinski definition) is 1. The Kier molecular flexibility index (Phi) is 6.58. The number of nitrogens with zero attached hydrogens (tertiary/aromatic N) is 4. The second-order valence-electron chi connectivity index (χ2n) is 6.62. The van der Waals surface area contributed by atoms with E-state index in [1.165, 1.54) is 32.7 Å². The summed E-state index contributed by atoms with van der Waals surface area (Å²) in [5.41, 5.74) is 0. The van der Waals surface area contributed by atoms with Crippen molar-refractivity contribution in [3.63, 3.8) is 0 Å². The zero-order chi connectivity index (χ0) is 15.9. The molecule has 2 rings (SSSR count). The van der Waals surface area contributed by atoms with E-state index in [0.29, 0.717) is 13.1 Å². The molecule has 1 N–H and O–H groups in total. The van der Waals surface area contributed by atoms with Gasteiger partial charge >= 0.3 is 0 Å². The minimum absolute atomic E-state index is 0.131. The smallest absolute Gasteiger partial charge is 0.271 e. The van der Waals surface area contributed by atoms with E-state index in [1.807, 2.05) is 0 Å². The highest BCUT2D eigenvalue weighted by atomic mass is 16.3. The SMILES string of the molecule is CBC(C)CC1CCN(CC(O)Cn2ccnc2N=O)CC1. The predicted molar refractivity (Wildman–Crippen MR) is 89.9 cm³/mol. The summed E-state index contributed by atoms with van der Waals surface area (Å²) in [7, 11) is 1.26. The third-order valence-corrected chi connectivity index (χ3v) is 4.79. The molecule has 0 bridgehead atoms. The molecule has 1 aromatic heterocycles. The first kappa shape index (κ1) is 17.2. The van der Waals surface area contributed by atoms with Crippen LogP contribution in [0.4, 0.5) is 5.95 Å². The van der Waals surface area contributed by atoms with Crippen LogP contribution in [0.5, 0.6) is 0 Å². The number of piperidine rings is 1. The maximum absolute atomic E-state index is 10.6. The Morgan fingerprint density at radius 2 is 2.18 bits per heavy atom. The molecule has 1 fully saturated rings. The molecular weight excluding hydrogens is 279 g/mol. The van der Waals surface area contributed by atoms with Gasteiger partial charge in [0, 0.05) is 24.1 Å². The summed E-state index contributed by atoms with van der Waals surface area (Å²) in [6.07, 6.45) is 6.49. The third-order valence-electron chi connectivity index (χ3n) is 4.79. The van der Waals surface area contributed by atoms with Gasteiger partial charge in [0.15, 0.2) is 0 Å². The normalized spacial score (nSPS) is 19.8. The van der Waals surface area contributed by atoms with Crippen molar-refractivity contribution in [3.05, 3.63) is 17.3 Å². The molecule has 2 heterocycles. The summed E-state index contributed by atoms with van der Waals surface area (Å²) in [5, 5.41) is 13.1. The van der Waals surface area contributed by atoms with E-state index < -0.39 is 6.10 Å². The number of imidazole rings is 1. The average molecular weight is 306 g/mol. The Hall–Kier alpha value is -1.21. The number of rotatable bonds is 8. The highest BCUT2D eigenvalue weighted by Crippen LogP contribution is 2.26. The first-order chi connectivity index (χ1) is 10.6. The monoisotopic (exact) mass is 306 g/mol. The highest BCUT2D eigenvalue weighted by Gasteiger charge is 2.22. The molecule has 2 unspecified atom stereocenters. The second-order valence-corrected chi connectivity index (χ2v) is 6.62. The van der Waals surface area contributed by atoms with Gasteiger partial charge in [0.1, 0.15) is 7.28 Å². The molecule has 22 heavy (non-hydrogen) atoms. The highest BCUT2D eigenvalue weighted by molar-refractivity contribution is 6.35. The van der Waals surface area contributed by atoms with E-state index in [1.54, 1.807) is 10.8 Å². The Balaban J connectivity index is 1.72. The van der Waals surface area contributed by atoms with Crippen molar-refractivity contribution in [1.29, 1.82) is 0 Å². The number of β-amino-alcohol motifs (C(OH)–C–C–N with tert-alkyl or cyclic N) is 1. The average Bonchev–Trinajstić information content (AvgIpc) is 2.96. The molecule has 0 radical (unpaired) electrons. The molecule has 0 aromatic carbocycles. The van der Waals surface area contributed by atoms with E-state index in [9.17, 15) is 10.0 Å². The van der Waals surface area contributed by atoms with E-state index >= 15 is 0 Å². The fourth-order valence-corrected chi connectivity index (χ4v) is 3.26. The van der Waals surface area contributed by atoms with Crippen LogP contribution in [-0.4, -0.2) is 52.6 Å². The fraction of sp³-hybridized carbons (Fsp3) is 0.800. The number of likely N-dealkylation sites (tertiary alicyclic amines) is 1. The maximum atomic E-state index is 10.6. The van der Waals surface area contributed by atoms with Crippen LogP contribution in [0.25, 0.3) is 0 Å². The maximum Gasteiger partial charge on any atom is 0.271 e. The van der Waals surface area contributed by atoms with Crippen LogP contribution < -0.4 is 0 Å². The standard InChI is InChI=1S/C15H27BN4O2/c1-12(16-2)9-13-3-6-19(7-4-13)10-14(21)11-20-8-5-17-15(20)18-22/h5,8,12-14,16,21H,3-4,6-7,9-11H2,1-2H3. The van der Waals surface area contributed by atoms with Gasteiger partial charge in [-0.25, -0.2) is 4.98 Å². The van der Waals surface area contributed by atoms with Crippen molar-refractivity contribution in [2.75, 3.05) is 19.6 Å². The Morgan fingerprint density at radius 1 is 1.45 bits per heavy atom. The molecule has 1 aliphatic rings. The van der Waals surface area contributed by atoms with E-state index in [-0.39, 0.29) is 5.95 Å². The molecule has 0 amide bonds. The Labute approximate surface area is 133 Å². The number of hydrogen-bond acceptors (Lipinski definition) is 5. The summed E-state index contributed by atoms with van der Waals surface area (Å²) in [5.74, 6) is 1.78. The number of aromatic nitrogens is 2. The quantitative estimate of drug-likeness (QED) is 0.589. The lowest BCUT2D eigenvalue weighted by molar-refractivity contribution is 0.0774. The van der Waals surface area contributed by atoms with Crippen LogP contribution in [0.1, 0.15) is 26.2 Å². The molecule has 7 heteroatoms. The van der Waals surface area contributed by atoms with E-state index in [0.717, 1.165) is 24.8 Å². The van der Waals surface area contributed by atoms with Gasteiger partial charge in [-0.1, -0.05) is 26.0 Å². The summed E-state index contributed by atoms with van der Waals surface area (Å²) >= 11 is 0. The van der Waals surface area contributed by atoms with Gasteiger partial charge < -0.3 is 14.6 Å². The topological polar surface area (TPSA) is 70.7 Å². The molecule has 0 aliphatic carbocycles. The van der Waals surface area contributed by atoms with Gasteiger partial charge in [-0.05, 0) is 31.8 Å². The zero-order valence-electron chi connectivity index (χ0n) is 13.7. The van der Waals surface area contributed by atoms with Gasteiger partial charge in [0.25, 0.3) is 5.95 Å². The van der Waals surface area contributed by atoms with Crippen LogP contribution in [0.2, 0.25) is 12.6 Å². The van der Waals surface area contributed by atoms with Crippen molar-refractivity contribution in [3.8, 4) is 0 Å². The van der Waals surface area contributed by atoms with Gasteiger partial charge in [0.2, 0.25) is 0 Å². The number of nitroso groups, excluding NO2 is 1. The molecule has 2 atom stereocenters. The molecule has 122 valence electrons. The van der Waals surface area contributed by atoms with Crippen molar-refractivity contribution >= 4 is 13.2 Å². The first-order valence-corrected chi connectivity index (χ1v) is 8.37. The molecule has 0 spiro atoms. The largest absolute Gasteiger partial charge is 0.390 e. The molecule has 6 nitrogen and oxygen atoms in total. The second kappa shape index (κ2) is 8.43. The fourth-order valence-electron chi connectivity index (χ4n) is 3.26. The zero-order valence-corrected chi connectivity index (χ0v) is 13.7. The summed E-state index contributed by atoms with van der Waals surface area (Å²) in [4.78, 5) is 16.7. The minimum atomic E-state index is -0.499. The van der Waals surface area contributed by atoms with Gasteiger partial charge in [-0.2, -0.15) is 0 Å². The molecule has 1 aromatic rings. The third kappa shape index (κ3) is 4.92. The predicted octanol–water partition coefficient (Wildman–Crippen LogP) is 2.04. The molecular formula is C15H27BN4O2. The Morgan fingerprint density at radius 3 is 2.82 bits per heavy atom. The molecule has 1 saturated heterocycles. The van der Waals surface area contributed by atoms with Crippen LogP contribution >= 0.6 is 0 Å². The summed E-state index contributed by atoms with van der Waals surface area (Å²) in [6.45, 7) is 7.72. The van der Waals surface area contributed by atoms with Crippen molar-refractivity contribution < 1.29 is 5.11 Å². The molecule has 0 saturated carbocycles. The number of aliphatic hydroxyl groups excluding tert-OH is 1. The summed E-state index contributed by atoms with van der Waals surface area (Å²) < 4.78 is 1.60. The minimum Gasteiger partial charge on any atom is -0.390 e. The van der Waals surface area contributed by atoms with Crippen molar-refractivity contribution in [2.24, 2.45) is 11.1 Å². The number of aliphatic hydroxyl groups is 1. The van der Waals surface area contributed by atoms with Crippen molar-refractivity contribution in [2.45, 2.75) is 51.5 Å². The van der Waals surface area contributed by atoms with Crippen molar-refractivity contribution in [1.82, 2.24) is 14.5 Å². The van der Waals surface area contributed by atoms with Gasteiger partial charge in [-0.3, -0.25) is 0 Å². The summed E-state index contributed by atoms with van der Waals surface area (Å²) in [6, 6.07) is 0. The van der Waals surface area contributed by atoms with E-state index in [4.69, 9.17) is 0 Å². The van der Waals surface area contributed by atoms with Crippen LogP contribution in [0.3, 0.4) is 0 Å².